The molecule has 0 aliphatic heterocycles. The van der Waals surface area contributed by atoms with Gasteiger partial charge in [0.2, 0.25) is 0 Å². The van der Waals surface area contributed by atoms with E-state index >= 15 is 0 Å². The van der Waals surface area contributed by atoms with Crippen LogP contribution < -0.4 is 0 Å². The fourth-order valence-corrected chi connectivity index (χ4v) is 7.43. The smallest absolute Gasteiger partial charge is 0.435 e. The van der Waals surface area contributed by atoms with Gasteiger partial charge >= 0.3 is 30.9 Å². The average molecular weight is 1450 g/mol. The molecule has 0 spiro atoms. The van der Waals surface area contributed by atoms with E-state index < -0.39 is 59.1 Å². The zero-order valence-electron chi connectivity index (χ0n) is 58.1. The van der Waals surface area contributed by atoms with Gasteiger partial charge in [0, 0.05) is 124 Å². The lowest BCUT2D eigenvalue weighted by Crippen LogP contribution is -2.13. The van der Waals surface area contributed by atoms with Gasteiger partial charge < -0.3 is 13.5 Å². The Bertz CT molecular complexity index is 3990. The third-order valence-electron chi connectivity index (χ3n) is 12.7. The van der Waals surface area contributed by atoms with Gasteiger partial charge in [0.25, 0.3) is 0 Å². The second kappa shape index (κ2) is 40.9. The van der Waals surface area contributed by atoms with Crippen molar-refractivity contribution in [2.45, 2.75) is 135 Å². The zero-order chi connectivity index (χ0) is 76.7. The van der Waals surface area contributed by atoms with E-state index in [2.05, 4.69) is 70.9 Å². The molecule has 34 heteroatoms. The van der Waals surface area contributed by atoms with Crippen LogP contribution in [0.4, 0.5) is 65.9 Å². The fraction of sp³-hybridized carbons (Fsp3) is 0.364. The van der Waals surface area contributed by atoms with Crippen LogP contribution in [0.25, 0.3) is 0 Å². The van der Waals surface area contributed by atoms with Crippen molar-refractivity contribution in [3.05, 3.63) is 248 Å². The molecule has 11 heterocycles. The summed E-state index contributed by atoms with van der Waals surface area (Å²) in [6, 6.07) is 9.55. The normalized spacial score (nSPS) is 10.8. The molecule has 546 valence electrons. The summed E-state index contributed by atoms with van der Waals surface area (Å²) in [5, 5.41) is 15.3. The Labute approximate surface area is 573 Å². The Balaban J connectivity index is 0.000000554. The van der Waals surface area contributed by atoms with Crippen molar-refractivity contribution in [1.82, 2.24) is 78.9 Å². The summed E-state index contributed by atoms with van der Waals surface area (Å²) < 4.78 is 197. The molecule has 0 aliphatic carbocycles. The molecule has 0 fully saturated rings. The van der Waals surface area contributed by atoms with Gasteiger partial charge in [-0.2, -0.15) is 81.2 Å². The summed E-state index contributed by atoms with van der Waals surface area (Å²) in [7, 11) is 6.66. The highest BCUT2D eigenvalue weighted by atomic mass is 35.5. The third-order valence-corrected chi connectivity index (χ3v) is 13.1. The van der Waals surface area contributed by atoms with Gasteiger partial charge in [-0.25, -0.2) is 15.0 Å². The summed E-state index contributed by atoms with van der Waals surface area (Å²) in [4.78, 5) is 29.5. The zero-order valence-corrected chi connectivity index (χ0v) is 58.9. The molecule has 18 nitrogen and oxygen atoms in total. The third kappa shape index (κ3) is 33.6. The highest BCUT2D eigenvalue weighted by molar-refractivity contribution is 6.31. The van der Waals surface area contributed by atoms with Gasteiger partial charge in [-0.3, -0.25) is 39.0 Å². The van der Waals surface area contributed by atoms with Gasteiger partial charge in [0.05, 0.1) is 52.7 Å². The number of pyridine rings is 3. The molecule has 0 saturated heterocycles. The van der Waals surface area contributed by atoms with Crippen molar-refractivity contribution >= 4 is 11.6 Å². The molecule has 0 aromatic carbocycles. The number of furan rings is 1. The summed E-state index contributed by atoms with van der Waals surface area (Å²) in [5.74, 6) is 1.87. The highest BCUT2D eigenvalue weighted by Crippen LogP contribution is 2.35. The molecule has 0 unspecified atom stereocenters. The standard InChI is InChI=1S/C8H8F3N.C7H9F3N2.C7H6F3N.C6H6ClN.C6H7F3N2.C6H5F3N2.C6H10N2.C6H8O.C5H8N2.C5H6N2.C4H5NO/c1-5-6(2)12-4-3-7(5)8(9,10)11;1-4-5(2)11-12(3)6(4)7(8,9)10;1-5-4-11-3-2-6(5)7(8,9)10;1-5-4-8-3-2-6(5)7;1-4-3-11(2)10-5(4)6(7,8)9;1-4-2-10-3-11-5(4)6(7,8)9;1-5-4-6(2)8(3)7-5;1-5-3-4-7-6(5)2;1-5-3-7(2)4-6-5;1-5-4-6-2-3-7-5;1-4-2-3-5-6-4/h3-4H,1-2H3;1-3H3;2-4H,1H3;2-4H,1H3;3H,1-2H3;2-3H,1H3;4H,1-3H3;2*3-4H,1-2H3;2-4H,1H3;2-3H,1H3. The number of hydrogen-bond donors (Lipinski definition) is 0. The maximum Gasteiger partial charge on any atom is 0.435 e. The van der Waals surface area contributed by atoms with Gasteiger partial charge in [0.1, 0.15) is 23.5 Å². The number of nitrogens with zero attached hydrogens (tertiary/aromatic N) is 16. The number of alkyl halides is 15. The lowest BCUT2D eigenvalue weighted by molar-refractivity contribution is -0.144. The van der Waals surface area contributed by atoms with Crippen LogP contribution in [0.15, 0.2) is 139 Å². The predicted molar refractivity (Wildman–Crippen MR) is 346 cm³/mol. The van der Waals surface area contributed by atoms with Crippen LogP contribution in [-0.4, -0.2) is 78.9 Å². The minimum absolute atomic E-state index is 0.0417. The van der Waals surface area contributed by atoms with Crippen LogP contribution in [0.3, 0.4) is 0 Å². The van der Waals surface area contributed by atoms with E-state index in [-0.39, 0.29) is 27.8 Å². The summed E-state index contributed by atoms with van der Waals surface area (Å²) >= 11 is 5.67. The molecule has 0 aliphatic rings. The van der Waals surface area contributed by atoms with Crippen LogP contribution >= 0.6 is 11.6 Å². The first-order valence-corrected chi connectivity index (χ1v) is 29.5. The molecule has 0 atom stereocenters. The summed E-state index contributed by atoms with van der Waals surface area (Å²) in [6.07, 6.45) is 0.886. The Morgan fingerprint density at radius 3 is 1.24 bits per heavy atom. The first kappa shape index (κ1) is 88.2. The quantitative estimate of drug-likeness (QED) is 0.130. The molecular weight excluding hydrogens is 1370 g/mol. The fourth-order valence-electron chi connectivity index (χ4n) is 7.32. The molecule has 11 aromatic rings. The molecule has 0 saturated carbocycles. The Morgan fingerprint density at radius 1 is 0.420 bits per heavy atom. The minimum atomic E-state index is -4.37. The van der Waals surface area contributed by atoms with Crippen molar-refractivity contribution in [3.63, 3.8) is 0 Å². The molecule has 100 heavy (non-hydrogen) atoms. The molecule has 0 bridgehead atoms. The predicted octanol–water partition coefficient (Wildman–Crippen LogP) is 18.2. The lowest BCUT2D eigenvalue weighted by Gasteiger charge is -2.10. The van der Waals surface area contributed by atoms with Crippen LogP contribution in [-0.2, 0) is 59.1 Å². The SMILES string of the molecule is Cc1cc(C)n(C)n1.Cc1ccno1.Cc1ccoc1C.Cc1cn(C)cn1.Cc1cn(C)nc1C(F)(F)F.Cc1cnccc1C(F)(F)F.Cc1cnccc1Cl.Cc1cnccn1.Cc1cncnc1C(F)(F)F.Cc1nccc(C(F)(F)F)c1C.Cc1nn(C)c(C(F)(F)F)c1C. The number of imidazole rings is 1. The van der Waals surface area contributed by atoms with Gasteiger partial charge in [-0.15, -0.1) is 0 Å². The van der Waals surface area contributed by atoms with E-state index in [0.717, 1.165) is 79.4 Å². The molecule has 11 aromatic heterocycles. The van der Waals surface area contributed by atoms with E-state index in [4.69, 9.17) is 16.0 Å². The van der Waals surface area contributed by atoms with E-state index in [1.54, 1.807) is 75.8 Å². The Kier molecular flexibility index (Phi) is 36.1. The van der Waals surface area contributed by atoms with Gasteiger partial charge in [-0.05, 0) is 168 Å². The summed E-state index contributed by atoms with van der Waals surface area (Å²) in [5.41, 5.74) is 4.60. The van der Waals surface area contributed by atoms with Crippen molar-refractivity contribution in [3.8, 4) is 0 Å². The number of rotatable bonds is 0. The van der Waals surface area contributed by atoms with E-state index in [9.17, 15) is 65.9 Å². The Morgan fingerprint density at radius 2 is 0.990 bits per heavy atom. The topological polar surface area (TPSA) is 201 Å². The molecule has 0 amide bonds. The van der Waals surface area contributed by atoms with Crippen molar-refractivity contribution in [2.75, 3.05) is 0 Å². The van der Waals surface area contributed by atoms with Crippen LogP contribution in [0.2, 0.25) is 5.02 Å². The first-order valence-electron chi connectivity index (χ1n) is 29.1. The average Bonchev–Trinajstić information content (AvgIpc) is 1.45. The number of halogens is 16. The molecule has 0 radical (unpaired) electrons. The van der Waals surface area contributed by atoms with Crippen molar-refractivity contribution < 1.29 is 74.8 Å². The molecule has 0 N–H and O–H groups in total. The van der Waals surface area contributed by atoms with Gasteiger partial charge in [0.15, 0.2) is 11.4 Å². The number of hydrogen-bond acceptors (Lipinski definition) is 14. The largest absolute Gasteiger partial charge is 0.469 e. The number of aromatic nitrogens is 16. The Hall–Kier alpha value is -9.82. The maximum absolute atomic E-state index is 12.3. The lowest BCUT2D eigenvalue weighted by atomic mass is 10.1. The molecular formula is C66H78ClF15N16O2. The van der Waals surface area contributed by atoms with E-state index in [1.807, 2.05) is 91.0 Å². The van der Waals surface area contributed by atoms with E-state index in [1.165, 1.54) is 78.6 Å². The molecule has 11 rings (SSSR count). The minimum Gasteiger partial charge on any atom is -0.469 e. The second-order valence-corrected chi connectivity index (χ2v) is 21.7. The van der Waals surface area contributed by atoms with E-state index in [0.29, 0.717) is 11.4 Å². The number of aryl methyl sites for hydroxylation is 17. The van der Waals surface area contributed by atoms with Gasteiger partial charge in [-0.1, -0.05) is 16.8 Å². The summed E-state index contributed by atoms with van der Waals surface area (Å²) in [6.45, 7) is 25.7. The second-order valence-electron chi connectivity index (χ2n) is 21.3. The maximum atomic E-state index is 12.3. The highest BCUT2D eigenvalue weighted by Gasteiger charge is 2.38. The van der Waals surface area contributed by atoms with Crippen LogP contribution in [0.5, 0.6) is 0 Å². The monoisotopic (exact) mass is 1450 g/mol. The van der Waals surface area contributed by atoms with Crippen LogP contribution in [0, 0.1) is 104 Å². The van der Waals surface area contributed by atoms with Crippen molar-refractivity contribution in [2.24, 2.45) is 28.2 Å². The van der Waals surface area contributed by atoms with Crippen LogP contribution in [0.1, 0.15) is 113 Å². The van der Waals surface area contributed by atoms with Crippen molar-refractivity contribution in [1.29, 1.82) is 0 Å². The first-order chi connectivity index (χ1) is 46.1.